The molecule has 8 nitrogen and oxygen atoms in total. The van der Waals surface area contributed by atoms with E-state index < -0.39 is 23.4 Å². The minimum absolute atomic E-state index is 0.0706. The van der Waals surface area contributed by atoms with Crippen LogP contribution in [-0.4, -0.2) is 42.3 Å². The lowest BCUT2D eigenvalue weighted by Gasteiger charge is -2.38. The molecule has 212 valence electrons. The standard InChI is InChI=1S/C35H26N2O6/c1-41-23-9-6-8-21(17-23)31(38)29-30(32(39)22-13-14-27-28(18-22)43-19-42-27)37-16-15-20-7-2-3-10-24(20)33(37)35(29)25-11-4-5-12-26(25)36-34(35)40/h2-18,29-30,33H,19H2,1H3,(H,36,40)/t29-,30-,33+,35+/m0/s1. The summed E-state index contributed by atoms with van der Waals surface area (Å²) < 4.78 is 16.5. The monoisotopic (exact) mass is 570 g/mol. The lowest BCUT2D eigenvalue weighted by molar-refractivity contribution is -0.122. The highest BCUT2D eigenvalue weighted by molar-refractivity contribution is 6.16. The molecule has 4 aliphatic heterocycles. The minimum Gasteiger partial charge on any atom is -0.497 e. The fourth-order valence-corrected chi connectivity index (χ4v) is 7.34. The highest BCUT2D eigenvalue weighted by Crippen LogP contribution is 2.62. The van der Waals surface area contributed by atoms with Crippen molar-refractivity contribution in [2.75, 3.05) is 19.2 Å². The Bertz CT molecular complexity index is 1880. The Balaban J connectivity index is 1.40. The number of para-hydroxylation sites is 1. The van der Waals surface area contributed by atoms with Gasteiger partial charge in [0.1, 0.15) is 17.2 Å². The van der Waals surface area contributed by atoms with Crippen LogP contribution < -0.4 is 19.5 Å². The van der Waals surface area contributed by atoms with Gasteiger partial charge in [0.25, 0.3) is 0 Å². The van der Waals surface area contributed by atoms with Gasteiger partial charge in [-0.05, 0) is 59.2 Å². The Morgan fingerprint density at radius 1 is 0.884 bits per heavy atom. The van der Waals surface area contributed by atoms with Crippen LogP contribution in [0.1, 0.15) is 43.4 Å². The Hall–Kier alpha value is -5.37. The van der Waals surface area contributed by atoms with E-state index >= 15 is 0 Å². The van der Waals surface area contributed by atoms with Gasteiger partial charge in [-0.25, -0.2) is 0 Å². The van der Waals surface area contributed by atoms with Crippen molar-refractivity contribution in [3.63, 3.8) is 0 Å². The number of fused-ring (bicyclic) bond motifs is 7. The molecule has 0 aromatic heterocycles. The quantitative estimate of drug-likeness (QED) is 0.321. The zero-order valence-corrected chi connectivity index (χ0v) is 23.2. The number of nitrogens with one attached hydrogen (secondary N) is 1. The van der Waals surface area contributed by atoms with Gasteiger partial charge in [-0.1, -0.05) is 54.6 Å². The molecule has 1 amide bonds. The number of benzene rings is 4. The molecule has 1 spiro atoms. The fraction of sp³-hybridized carbons (Fsp3) is 0.171. The molecule has 4 heterocycles. The van der Waals surface area contributed by atoms with Crippen LogP contribution in [0.4, 0.5) is 5.69 Å². The molecule has 4 aliphatic rings. The number of anilines is 1. The summed E-state index contributed by atoms with van der Waals surface area (Å²) >= 11 is 0. The van der Waals surface area contributed by atoms with Gasteiger partial charge in [-0.2, -0.15) is 0 Å². The highest BCUT2D eigenvalue weighted by atomic mass is 16.7. The van der Waals surface area contributed by atoms with Gasteiger partial charge in [0.05, 0.1) is 19.1 Å². The fourth-order valence-electron chi connectivity index (χ4n) is 7.34. The summed E-state index contributed by atoms with van der Waals surface area (Å²) in [6, 6.07) is 25.6. The molecule has 1 fully saturated rings. The Kier molecular flexibility index (Phi) is 5.50. The van der Waals surface area contributed by atoms with Gasteiger partial charge in [-0.3, -0.25) is 14.4 Å². The van der Waals surface area contributed by atoms with Gasteiger partial charge in [0, 0.05) is 23.0 Å². The Morgan fingerprint density at radius 3 is 2.56 bits per heavy atom. The number of ether oxygens (including phenoxy) is 3. The second-order valence-electron chi connectivity index (χ2n) is 11.1. The first kappa shape index (κ1) is 25.3. The number of carbonyl (C=O) groups is 3. The normalized spacial score (nSPS) is 23.9. The molecule has 8 rings (SSSR count). The summed E-state index contributed by atoms with van der Waals surface area (Å²) in [4.78, 5) is 46.2. The molecule has 1 N–H and O–H groups in total. The van der Waals surface area contributed by atoms with Crippen molar-refractivity contribution in [3.05, 3.63) is 125 Å². The average molecular weight is 571 g/mol. The zero-order valence-electron chi connectivity index (χ0n) is 23.2. The van der Waals surface area contributed by atoms with Crippen molar-refractivity contribution in [1.82, 2.24) is 4.90 Å². The summed E-state index contributed by atoms with van der Waals surface area (Å²) in [6.45, 7) is 0.0706. The van der Waals surface area contributed by atoms with Crippen LogP contribution in [-0.2, 0) is 10.2 Å². The molecule has 0 saturated carbocycles. The van der Waals surface area contributed by atoms with Crippen molar-refractivity contribution in [3.8, 4) is 17.2 Å². The van der Waals surface area contributed by atoms with Crippen LogP contribution in [0, 0.1) is 5.92 Å². The van der Waals surface area contributed by atoms with E-state index in [-0.39, 0.29) is 24.3 Å². The van der Waals surface area contributed by atoms with Gasteiger partial charge < -0.3 is 24.4 Å². The summed E-state index contributed by atoms with van der Waals surface area (Å²) in [5.41, 5.74) is 2.47. The molecular weight excluding hydrogens is 544 g/mol. The van der Waals surface area contributed by atoms with Crippen LogP contribution in [0.3, 0.4) is 0 Å². The number of methoxy groups -OCH3 is 1. The van der Waals surface area contributed by atoms with Crippen molar-refractivity contribution in [2.45, 2.75) is 17.5 Å². The third-order valence-corrected chi connectivity index (χ3v) is 9.13. The maximum atomic E-state index is 14.9. The van der Waals surface area contributed by atoms with E-state index in [4.69, 9.17) is 14.2 Å². The minimum atomic E-state index is -1.41. The number of hydrogen-bond donors (Lipinski definition) is 1. The van der Waals surface area contributed by atoms with Crippen LogP contribution in [0.15, 0.2) is 97.2 Å². The smallest absolute Gasteiger partial charge is 0.238 e. The van der Waals surface area contributed by atoms with Crippen molar-refractivity contribution >= 4 is 29.2 Å². The third kappa shape index (κ3) is 3.46. The van der Waals surface area contributed by atoms with Crippen molar-refractivity contribution in [2.24, 2.45) is 5.92 Å². The van der Waals surface area contributed by atoms with Crippen molar-refractivity contribution < 1.29 is 28.6 Å². The second kappa shape index (κ2) is 9.32. The molecule has 0 unspecified atom stereocenters. The molecule has 1 saturated heterocycles. The number of hydrogen-bond acceptors (Lipinski definition) is 7. The van der Waals surface area contributed by atoms with Gasteiger partial charge in [0.15, 0.2) is 23.1 Å². The number of ketones is 2. The highest BCUT2D eigenvalue weighted by Gasteiger charge is 2.70. The van der Waals surface area contributed by atoms with Gasteiger partial charge in [-0.15, -0.1) is 0 Å². The summed E-state index contributed by atoms with van der Waals surface area (Å²) in [5.74, 6) is -0.465. The Labute approximate surface area is 247 Å². The zero-order chi connectivity index (χ0) is 29.3. The van der Waals surface area contributed by atoms with E-state index in [0.717, 1.165) is 11.1 Å². The van der Waals surface area contributed by atoms with E-state index in [1.165, 1.54) is 7.11 Å². The summed E-state index contributed by atoms with van der Waals surface area (Å²) in [7, 11) is 1.54. The molecule has 4 atom stereocenters. The van der Waals surface area contributed by atoms with Crippen LogP contribution >= 0.6 is 0 Å². The van der Waals surface area contributed by atoms with E-state index in [1.54, 1.807) is 42.5 Å². The van der Waals surface area contributed by atoms with Crippen molar-refractivity contribution in [1.29, 1.82) is 0 Å². The molecule has 0 bridgehead atoms. The number of carbonyl (C=O) groups excluding carboxylic acids is 3. The molecule has 43 heavy (non-hydrogen) atoms. The lowest BCUT2D eigenvalue weighted by Crippen LogP contribution is -2.49. The first-order valence-electron chi connectivity index (χ1n) is 14.1. The molecule has 8 heteroatoms. The lowest BCUT2D eigenvalue weighted by atomic mass is 9.62. The first-order valence-corrected chi connectivity index (χ1v) is 14.1. The first-order chi connectivity index (χ1) is 21.0. The largest absolute Gasteiger partial charge is 0.497 e. The van der Waals surface area contributed by atoms with Gasteiger partial charge in [0.2, 0.25) is 12.7 Å². The van der Waals surface area contributed by atoms with Gasteiger partial charge >= 0.3 is 0 Å². The van der Waals surface area contributed by atoms with E-state index in [1.807, 2.05) is 65.7 Å². The van der Waals surface area contributed by atoms with Crippen LogP contribution in [0.2, 0.25) is 0 Å². The average Bonchev–Trinajstić information content (AvgIpc) is 3.73. The van der Waals surface area contributed by atoms with E-state index in [9.17, 15) is 14.4 Å². The summed E-state index contributed by atoms with van der Waals surface area (Å²) in [6.07, 6.45) is 3.80. The van der Waals surface area contributed by atoms with E-state index in [0.29, 0.717) is 39.6 Å². The molecular formula is C35H26N2O6. The number of Topliss-reactive ketones (excluding diaryl/α,β-unsaturated/α-hetero) is 2. The second-order valence-corrected chi connectivity index (χ2v) is 11.1. The van der Waals surface area contributed by atoms with E-state index in [2.05, 4.69) is 5.32 Å². The molecule has 4 aromatic rings. The maximum Gasteiger partial charge on any atom is 0.238 e. The van der Waals surface area contributed by atoms with Crippen LogP contribution in [0.25, 0.3) is 6.08 Å². The number of rotatable bonds is 5. The summed E-state index contributed by atoms with van der Waals surface area (Å²) in [5, 5.41) is 3.07. The predicted octanol–water partition coefficient (Wildman–Crippen LogP) is 5.41. The predicted molar refractivity (Wildman–Crippen MR) is 158 cm³/mol. The topological polar surface area (TPSA) is 94.2 Å². The number of nitrogens with zero attached hydrogens (tertiary/aromatic N) is 1. The SMILES string of the molecule is COc1cccc(C(=O)[C@@H]2[C@@H](C(=O)c3ccc4c(c3)OCO4)N3C=Cc4ccccc4[C@@H]3[C@]23C(=O)Nc2ccccc23)c1. The molecule has 0 aliphatic carbocycles. The Morgan fingerprint density at radius 2 is 1.67 bits per heavy atom. The maximum absolute atomic E-state index is 14.9. The van der Waals surface area contributed by atoms with Crippen LogP contribution in [0.5, 0.6) is 17.2 Å². The number of amides is 1. The molecule has 0 radical (unpaired) electrons. The third-order valence-electron chi connectivity index (χ3n) is 9.13. The molecule has 4 aromatic carbocycles.